The van der Waals surface area contributed by atoms with Gasteiger partial charge in [0.2, 0.25) is 5.91 Å². The number of aryl methyl sites for hydroxylation is 1. The van der Waals surface area contributed by atoms with Crippen molar-refractivity contribution in [2.45, 2.75) is 38.6 Å². The molecule has 0 bridgehead atoms. The Morgan fingerprint density at radius 1 is 1.29 bits per heavy atom. The zero-order valence-corrected chi connectivity index (χ0v) is 12.2. The van der Waals surface area contributed by atoms with Gasteiger partial charge in [-0.15, -0.1) is 0 Å². The smallest absolute Gasteiger partial charge is 0.276 e. The highest BCUT2D eigenvalue weighted by molar-refractivity contribution is 5.97. The molecule has 114 valence electrons. The van der Waals surface area contributed by atoms with Gasteiger partial charge in [0.1, 0.15) is 0 Å². The average molecular weight is 291 g/mol. The minimum atomic E-state index is -0.135. The van der Waals surface area contributed by atoms with E-state index in [1.807, 2.05) is 0 Å². The van der Waals surface area contributed by atoms with Crippen LogP contribution in [0.2, 0.25) is 0 Å². The number of carbonyl (C=O) groups excluding carboxylic acids is 2. The molecule has 1 aromatic heterocycles. The molecule has 1 aromatic rings. The number of carbonyl (C=O) groups is 2. The summed E-state index contributed by atoms with van der Waals surface area (Å²) in [6.45, 7) is 3.04. The lowest BCUT2D eigenvalue weighted by Crippen LogP contribution is -2.47. The molecule has 1 saturated heterocycles. The number of piperidine rings is 1. The predicted molar refractivity (Wildman–Crippen MR) is 77.5 cm³/mol. The van der Waals surface area contributed by atoms with Crippen molar-refractivity contribution in [1.82, 2.24) is 20.4 Å². The summed E-state index contributed by atoms with van der Waals surface area (Å²) in [5.74, 6) is 0.271. The Morgan fingerprint density at radius 2 is 1.95 bits per heavy atom. The molecule has 2 heterocycles. The van der Waals surface area contributed by atoms with Crippen molar-refractivity contribution in [3.63, 3.8) is 0 Å². The standard InChI is InChI=1S/C14H21N5O2/c1-8-11(15)12(18-17-8)14(21)19-6-4-10(5-7-19)16-13(20)9-2-3-9/h9-10H,2-7,15H2,1H3,(H,16,20)(H,17,18). The molecule has 21 heavy (non-hydrogen) atoms. The number of likely N-dealkylation sites (tertiary alicyclic amines) is 1. The van der Waals surface area contributed by atoms with E-state index < -0.39 is 0 Å². The van der Waals surface area contributed by atoms with E-state index in [9.17, 15) is 9.59 Å². The number of aromatic nitrogens is 2. The number of H-pyrrole nitrogens is 1. The van der Waals surface area contributed by atoms with E-state index in [2.05, 4.69) is 15.5 Å². The van der Waals surface area contributed by atoms with Gasteiger partial charge in [0.15, 0.2) is 5.69 Å². The minimum absolute atomic E-state index is 0.135. The van der Waals surface area contributed by atoms with E-state index >= 15 is 0 Å². The monoisotopic (exact) mass is 291 g/mol. The highest BCUT2D eigenvalue weighted by Crippen LogP contribution is 2.29. The fourth-order valence-electron chi connectivity index (χ4n) is 2.64. The summed E-state index contributed by atoms with van der Waals surface area (Å²) in [7, 11) is 0. The first-order valence-corrected chi connectivity index (χ1v) is 7.46. The number of amides is 2. The molecule has 3 rings (SSSR count). The van der Waals surface area contributed by atoms with Gasteiger partial charge >= 0.3 is 0 Å². The fourth-order valence-corrected chi connectivity index (χ4v) is 2.64. The summed E-state index contributed by atoms with van der Waals surface area (Å²) in [6, 6.07) is 0.181. The van der Waals surface area contributed by atoms with E-state index in [4.69, 9.17) is 5.73 Å². The van der Waals surface area contributed by atoms with Crippen LogP contribution in [-0.2, 0) is 4.79 Å². The van der Waals surface area contributed by atoms with Crippen molar-refractivity contribution >= 4 is 17.5 Å². The molecule has 0 unspecified atom stereocenters. The number of hydrogen-bond acceptors (Lipinski definition) is 4. The molecular weight excluding hydrogens is 270 g/mol. The molecule has 1 aliphatic heterocycles. The van der Waals surface area contributed by atoms with Crippen molar-refractivity contribution in [3.8, 4) is 0 Å². The molecule has 2 fully saturated rings. The van der Waals surface area contributed by atoms with Crippen LogP contribution in [0.1, 0.15) is 41.9 Å². The summed E-state index contributed by atoms with van der Waals surface area (Å²) < 4.78 is 0. The van der Waals surface area contributed by atoms with Crippen LogP contribution in [0.3, 0.4) is 0 Å². The first kappa shape index (κ1) is 13.9. The molecule has 0 aromatic carbocycles. The van der Waals surface area contributed by atoms with Gasteiger partial charge in [-0.25, -0.2) is 0 Å². The molecule has 0 atom stereocenters. The van der Waals surface area contributed by atoms with Crippen molar-refractivity contribution in [1.29, 1.82) is 0 Å². The average Bonchev–Trinajstić information content (AvgIpc) is 3.27. The molecule has 0 spiro atoms. The van der Waals surface area contributed by atoms with E-state index in [1.54, 1.807) is 11.8 Å². The molecule has 2 aliphatic rings. The third-order valence-electron chi connectivity index (χ3n) is 4.27. The Balaban J connectivity index is 1.54. The number of aromatic amines is 1. The van der Waals surface area contributed by atoms with E-state index in [0.717, 1.165) is 25.7 Å². The molecule has 2 amide bonds. The summed E-state index contributed by atoms with van der Waals surface area (Å²) in [5.41, 5.74) is 7.28. The van der Waals surface area contributed by atoms with Crippen molar-refractivity contribution in [2.75, 3.05) is 18.8 Å². The van der Waals surface area contributed by atoms with E-state index in [0.29, 0.717) is 30.2 Å². The predicted octanol–water partition coefficient (Wildman–Crippen LogP) is 0.431. The quantitative estimate of drug-likeness (QED) is 0.751. The molecule has 4 N–H and O–H groups in total. The summed E-state index contributed by atoms with van der Waals surface area (Å²) in [5, 5.41) is 9.78. The minimum Gasteiger partial charge on any atom is -0.395 e. The van der Waals surface area contributed by atoms with Crippen molar-refractivity contribution < 1.29 is 9.59 Å². The Kier molecular flexibility index (Phi) is 3.57. The number of nitrogen functional groups attached to an aromatic ring is 1. The molecule has 1 saturated carbocycles. The van der Waals surface area contributed by atoms with Crippen molar-refractivity contribution in [2.24, 2.45) is 5.92 Å². The fraction of sp³-hybridized carbons (Fsp3) is 0.643. The SMILES string of the molecule is Cc1[nH]nc(C(=O)N2CCC(NC(=O)C3CC3)CC2)c1N. The van der Waals surface area contributed by atoms with Gasteiger partial charge in [-0.2, -0.15) is 5.10 Å². The van der Waals surface area contributed by atoms with Crippen LogP contribution in [0, 0.1) is 12.8 Å². The van der Waals surface area contributed by atoms with Gasteiger partial charge in [0.05, 0.1) is 11.4 Å². The van der Waals surface area contributed by atoms with Gasteiger partial charge in [-0.3, -0.25) is 14.7 Å². The van der Waals surface area contributed by atoms with Crippen LogP contribution < -0.4 is 11.1 Å². The maximum atomic E-state index is 12.4. The van der Waals surface area contributed by atoms with Gasteiger partial charge < -0.3 is 16.0 Å². The zero-order valence-electron chi connectivity index (χ0n) is 12.2. The summed E-state index contributed by atoms with van der Waals surface area (Å²) in [4.78, 5) is 25.8. The first-order valence-electron chi connectivity index (χ1n) is 7.46. The Labute approximate surface area is 123 Å². The largest absolute Gasteiger partial charge is 0.395 e. The van der Waals surface area contributed by atoms with Gasteiger partial charge in [0.25, 0.3) is 5.91 Å². The lowest BCUT2D eigenvalue weighted by atomic mass is 10.0. The zero-order chi connectivity index (χ0) is 15.0. The van der Waals surface area contributed by atoms with Crippen LogP contribution in [-0.4, -0.2) is 46.0 Å². The third-order valence-corrected chi connectivity index (χ3v) is 4.27. The third kappa shape index (κ3) is 2.86. The molecule has 1 aliphatic carbocycles. The molecule has 7 heteroatoms. The molecule has 7 nitrogen and oxygen atoms in total. The van der Waals surface area contributed by atoms with Crippen LogP contribution in [0.5, 0.6) is 0 Å². The lowest BCUT2D eigenvalue weighted by molar-refractivity contribution is -0.123. The van der Waals surface area contributed by atoms with Gasteiger partial charge in [-0.1, -0.05) is 0 Å². The Bertz CT molecular complexity index is 556. The Morgan fingerprint density at radius 3 is 2.48 bits per heavy atom. The van der Waals surface area contributed by atoms with Crippen LogP contribution in [0.25, 0.3) is 0 Å². The van der Waals surface area contributed by atoms with Crippen LogP contribution >= 0.6 is 0 Å². The number of anilines is 1. The van der Waals surface area contributed by atoms with Gasteiger partial charge in [-0.05, 0) is 32.6 Å². The topological polar surface area (TPSA) is 104 Å². The number of nitrogens with one attached hydrogen (secondary N) is 2. The molecular formula is C14H21N5O2. The molecule has 0 radical (unpaired) electrons. The van der Waals surface area contributed by atoms with Gasteiger partial charge in [0, 0.05) is 25.0 Å². The highest BCUT2D eigenvalue weighted by atomic mass is 16.2. The first-order chi connectivity index (χ1) is 10.1. The van der Waals surface area contributed by atoms with E-state index in [-0.39, 0.29) is 23.8 Å². The van der Waals surface area contributed by atoms with Crippen LogP contribution in [0.4, 0.5) is 5.69 Å². The number of rotatable bonds is 3. The summed E-state index contributed by atoms with van der Waals surface area (Å²) >= 11 is 0. The second-order valence-corrected chi connectivity index (χ2v) is 5.96. The second-order valence-electron chi connectivity index (χ2n) is 5.96. The number of nitrogens with two attached hydrogens (primary N) is 1. The number of hydrogen-bond donors (Lipinski definition) is 3. The normalized spacial score (nSPS) is 19.6. The summed E-state index contributed by atoms with van der Waals surface area (Å²) in [6.07, 6.45) is 3.60. The number of nitrogens with zero attached hydrogens (tertiary/aromatic N) is 2. The van der Waals surface area contributed by atoms with Crippen molar-refractivity contribution in [3.05, 3.63) is 11.4 Å². The van der Waals surface area contributed by atoms with Crippen LogP contribution in [0.15, 0.2) is 0 Å². The van der Waals surface area contributed by atoms with E-state index in [1.165, 1.54) is 0 Å². The second kappa shape index (κ2) is 5.38. The Hall–Kier alpha value is -2.05. The maximum absolute atomic E-state index is 12.4. The maximum Gasteiger partial charge on any atom is 0.276 e. The highest BCUT2D eigenvalue weighted by Gasteiger charge is 2.32. The lowest BCUT2D eigenvalue weighted by Gasteiger charge is -2.32.